The molecule has 1 aliphatic heterocycles. The van der Waals surface area contributed by atoms with Crippen molar-refractivity contribution < 1.29 is 0 Å². The maximum absolute atomic E-state index is 5.48. The maximum atomic E-state index is 5.48. The van der Waals surface area contributed by atoms with Gasteiger partial charge in [0.05, 0.1) is 11.7 Å². The van der Waals surface area contributed by atoms with Crippen LogP contribution in [-0.2, 0) is 6.54 Å². The first-order valence-electron chi connectivity index (χ1n) is 3.85. The molecule has 12 heavy (non-hydrogen) atoms. The van der Waals surface area contributed by atoms with Crippen LogP contribution >= 0.6 is 23.1 Å². The minimum Gasteiger partial charge on any atom is -0.325 e. The van der Waals surface area contributed by atoms with Gasteiger partial charge in [0.15, 0.2) is 0 Å². The summed E-state index contributed by atoms with van der Waals surface area (Å²) in [5, 5.41) is 6.60. The molecule has 3 nitrogen and oxygen atoms in total. The predicted molar refractivity (Wildman–Crippen MR) is 53.2 cm³/mol. The predicted octanol–water partition coefficient (Wildman–Crippen LogP) is 0.937. The fourth-order valence-corrected chi connectivity index (χ4v) is 3.09. The molecule has 5 heteroatoms. The van der Waals surface area contributed by atoms with E-state index in [4.69, 9.17) is 5.73 Å². The Kier molecular flexibility index (Phi) is 2.65. The maximum Gasteiger partial charge on any atom is 0.111 e. The van der Waals surface area contributed by atoms with Crippen molar-refractivity contribution in [2.75, 3.05) is 11.6 Å². The first-order valence-corrected chi connectivity index (χ1v) is 5.89. The molecule has 1 atom stereocenters. The van der Waals surface area contributed by atoms with E-state index in [1.807, 2.05) is 17.1 Å². The zero-order chi connectivity index (χ0) is 8.39. The van der Waals surface area contributed by atoms with E-state index in [2.05, 4.69) is 10.3 Å². The summed E-state index contributed by atoms with van der Waals surface area (Å²) in [6, 6.07) is 0.459. The van der Waals surface area contributed by atoms with E-state index < -0.39 is 0 Å². The Morgan fingerprint density at radius 3 is 3.25 bits per heavy atom. The quantitative estimate of drug-likeness (QED) is 0.747. The van der Waals surface area contributed by atoms with Gasteiger partial charge in [-0.05, 0) is 0 Å². The molecule has 1 fully saturated rings. The van der Waals surface area contributed by atoms with E-state index in [0.717, 1.165) is 17.3 Å². The second-order valence-corrected chi connectivity index (χ2v) is 4.57. The summed E-state index contributed by atoms with van der Waals surface area (Å²) in [5.74, 6) is 2.18. The monoisotopic (exact) mass is 201 g/mol. The van der Waals surface area contributed by atoms with E-state index in [1.165, 1.54) is 5.01 Å². The molecule has 0 aliphatic carbocycles. The van der Waals surface area contributed by atoms with Gasteiger partial charge in [0.25, 0.3) is 0 Å². The van der Waals surface area contributed by atoms with Crippen molar-refractivity contribution in [2.24, 2.45) is 5.73 Å². The van der Waals surface area contributed by atoms with Gasteiger partial charge in [-0.3, -0.25) is 5.32 Å². The molecule has 2 heterocycles. The van der Waals surface area contributed by atoms with Gasteiger partial charge in [-0.15, -0.1) is 23.1 Å². The number of thiazole rings is 1. The lowest BCUT2D eigenvalue weighted by Gasteiger charge is -2.02. The largest absolute Gasteiger partial charge is 0.325 e. The Labute approximate surface area is 79.8 Å². The Balaban J connectivity index is 2.11. The molecule has 3 N–H and O–H groups in total. The van der Waals surface area contributed by atoms with Crippen LogP contribution in [-0.4, -0.2) is 16.6 Å². The van der Waals surface area contributed by atoms with Gasteiger partial charge in [0.2, 0.25) is 0 Å². The van der Waals surface area contributed by atoms with Gasteiger partial charge in [0.1, 0.15) is 5.01 Å². The summed E-state index contributed by atoms with van der Waals surface area (Å²) in [5.41, 5.74) is 6.49. The summed E-state index contributed by atoms with van der Waals surface area (Å²) in [7, 11) is 0. The average Bonchev–Trinajstić information content (AvgIpc) is 2.75. The van der Waals surface area contributed by atoms with E-state index in [-0.39, 0.29) is 0 Å². The van der Waals surface area contributed by atoms with Gasteiger partial charge in [-0.2, -0.15) is 0 Å². The zero-order valence-electron chi connectivity index (χ0n) is 6.62. The molecule has 1 aliphatic rings. The number of rotatable bonds is 2. The van der Waals surface area contributed by atoms with Crippen molar-refractivity contribution in [3.8, 4) is 0 Å². The van der Waals surface area contributed by atoms with E-state index >= 15 is 0 Å². The number of nitrogens with zero attached hydrogens (tertiary/aromatic N) is 1. The number of hydrogen-bond donors (Lipinski definition) is 2. The molecule has 1 saturated heterocycles. The van der Waals surface area contributed by atoms with Crippen LogP contribution in [0.3, 0.4) is 0 Å². The summed E-state index contributed by atoms with van der Waals surface area (Å²) < 4.78 is 0. The van der Waals surface area contributed by atoms with Crippen molar-refractivity contribution >= 4 is 23.1 Å². The molecule has 1 unspecified atom stereocenters. The van der Waals surface area contributed by atoms with Crippen LogP contribution in [0.25, 0.3) is 0 Å². The Morgan fingerprint density at radius 2 is 2.67 bits per heavy atom. The van der Waals surface area contributed by atoms with Gasteiger partial charge in [0, 0.05) is 23.6 Å². The lowest BCUT2D eigenvalue weighted by molar-refractivity contribution is 0.668. The molecule has 1 aromatic rings. The molecule has 1 aromatic heterocycles. The van der Waals surface area contributed by atoms with Crippen molar-refractivity contribution in [3.63, 3.8) is 0 Å². The summed E-state index contributed by atoms with van der Waals surface area (Å²) >= 11 is 3.62. The lowest BCUT2D eigenvalue weighted by Crippen LogP contribution is -2.14. The summed E-state index contributed by atoms with van der Waals surface area (Å²) in [6.45, 7) is 0.552. The van der Waals surface area contributed by atoms with Crippen LogP contribution in [0, 0.1) is 0 Å². The number of thioether (sulfide) groups is 1. The molecule has 0 bridgehead atoms. The van der Waals surface area contributed by atoms with Crippen LogP contribution in [0.15, 0.2) is 5.38 Å². The van der Waals surface area contributed by atoms with Gasteiger partial charge < -0.3 is 5.73 Å². The molecule has 66 valence electrons. The van der Waals surface area contributed by atoms with Gasteiger partial charge in [-0.1, -0.05) is 0 Å². The molecule has 0 spiro atoms. The smallest absolute Gasteiger partial charge is 0.111 e. The molecule has 2 rings (SSSR count). The van der Waals surface area contributed by atoms with Crippen LogP contribution in [0.5, 0.6) is 0 Å². The third-order valence-corrected chi connectivity index (χ3v) is 3.74. The standard InChI is InChI=1S/C7H11N3S2/c8-1-5-2-12-7(10-5)6-3-11-4-9-6/h2,6,9H,1,3-4,8H2. The number of nitrogens with two attached hydrogens (primary N) is 1. The van der Waals surface area contributed by atoms with Crippen molar-refractivity contribution in [2.45, 2.75) is 12.6 Å². The van der Waals surface area contributed by atoms with Crippen molar-refractivity contribution in [1.82, 2.24) is 10.3 Å². The number of nitrogens with one attached hydrogen (secondary N) is 1. The van der Waals surface area contributed by atoms with Gasteiger partial charge >= 0.3 is 0 Å². The van der Waals surface area contributed by atoms with E-state index in [9.17, 15) is 0 Å². The van der Waals surface area contributed by atoms with Crippen LogP contribution in [0.4, 0.5) is 0 Å². The minimum absolute atomic E-state index is 0.459. The average molecular weight is 201 g/mol. The van der Waals surface area contributed by atoms with Gasteiger partial charge in [-0.25, -0.2) is 4.98 Å². The number of hydrogen-bond acceptors (Lipinski definition) is 5. The van der Waals surface area contributed by atoms with Crippen LogP contribution in [0.1, 0.15) is 16.7 Å². The van der Waals surface area contributed by atoms with Crippen molar-refractivity contribution in [3.05, 3.63) is 16.1 Å². The van der Waals surface area contributed by atoms with Crippen LogP contribution < -0.4 is 11.1 Å². The summed E-state index contributed by atoms with van der Waals surface area (Å²) in [4.78, 5) is 4.43. The van der Waals surface area contributed by atoms with Crippen molar-refractivity contribution in [1.29, 1.82) is 0 Å². The highest BCUT2D eigenvalue weighted by Gasteiger charge is 2.19. The Morgan fingerprint density at radius 1 is 1.75 bits per heavy atom. The third kappa shape index (κ3) is 1.64. The molecular formula is C7H11N3S2. The van der Waals surface area contributed by atoms with Crippen LogP contribution in [0.2, 0.25) is 0 Å². The Bertz CT molecular complexity index is 255. The first kappa shape index (κ1) is 8.50. The highest BCUT2D eigenvalue weighted by molar-refractivity contribution is 7.99. The fourth-order valence-electron chi connectivity index (χ4n) is 1.13. The van der Waals surface area contributed by atoms with E-state index in [0.29, 0.717) is 12.6 Å². The highest BCUT2D eigenvalue weighted by Crippen LogP contribution is 2.26. The lowest BCUT2D eigenvalue weighted by atomic mass is 10.3. The zero-order valence-corrected chi connectivity index (χ0v) is 8.25. The fraction of sp³-hybridized carbons (Fsp3) is 0.571. The molecule has 0 saturated carbocycles. The highest BCUT2D eigenvalue weighted by atomic mass is 32.2. The second-order valence-electron chi connectivity index (χ2n) is 2.65. The molecule has 0 radical (unpaired) electrons. The van der Waals surface area contributed by atoms with E-state index in [1.54, 1.807) is 11.3 Å². The Hall–Kier alpha value is -0.100. The second kappa shape index (κ2) is 3.74. The molecule has 0 amide bonds. The third-order valence-electron chi connectivity index (χ3n) is 1.79. The molecular weight excluding hydrogens is 190 g/mol. The minimum atomic E-state index is 0.459. The topological polar surface area (TPSA) is 50.9 Å². The normalized spacial score (nSPS) is 23.2. The SMILES string of the molecule is NCc1csc(C2CSCN2)n1. The molecule has 0 aromatic carbocycles. The number of aromatic nitrogens is 1. The first-order chi connectivity index (χ1) is 5.90. The summed E-state index contributed by atoms with van der Waals surface area (Å²) in [6.07, 6.45) is 0.